The first-order valence-electron chi connectivity index (χ1n) is 12.9. The molecule has 7 nitrogen and oxygen atoms in total. The Bertz CT molecular complexity index is 850. The van der Waals surface area contributed by atoms with Gasteiger partial charge in [0, 0.05) is 16.7 Å². The Labute approximate surface area is 212 Å². The van der Waals surface area contributed by atoms with E-state index in [1.54, 1.807) is 0 Å². The van der Waals surface area contributed by atoms with Crippen LogP contribution in [0.15, 0.2) is 35.1 Å². The summed E-state index contributed by atoms with van der Waals surface area (Å²) in [5.41, 5.74) is 0.585. The highest BCUT2D eigenvalue weighted by molar-refractivity contribution is 9.10. The molecule has 34 heavy (non-hydrogen) atoms. The number of halogens is 1. The molecule has 0 saturated heterocycles. The maximum Gasteiger partial charge on any atom is 0.353 e. The third-order valence-electron chi connectivity index (χ3n) is 5.91. The normalized spacial score (nSPS) is 10.9. The van der Waals surface area contributed by atoms with Gasteiger partial charge in [-0.25, -0.2) is 9.97 Å². The lowest BCUT2D eigenvalue weighted by Gasteiger charge is -2.10. The minimum Gasteiger partial charge on any atom is -0.364 e. The molecular formula is C26H40BrN5O2. The average Bonchev–Trinajstić information content (AvgIpc) is 2.81. The molecule has 1 heterocycles. The molecule has 0 spiro atoms. The van der Waals surface area contributed by atoms with Gasteiger partial charge in [0.05, 0.1) is 4.92 Å². The fourth-order valence-electron chi connectivity index (χ4n) is 4.00. The Hall–Kier alpha value is -2.22. The molecule has 0 radical (unpaired) electrons. The molecule has 0 amide bonds. The predicted octanol–water partition coefficient (Wildman–Crippen LogP) is 8.78. The van der Waals surface area contributed by atoms with Gasteiger partial charge in [-0.15, -0.1) is 0 Å². The second kappa shape index (κ2) is 17.2. The Morgan fingerprint density at radius 2 is 1.41 bits per heavy atom. The zero-order chi connectivity index (χ0) is 24.4. The zero-order valence-electron chi connectivity index (χ0n) is 20.5. The van der Waals surface area contributed by atoms with Crippen molar-refractivity contribution < 1.29 is 4.92 Å². The van der Waals surface area contributed by atoms with E-state index in [2.05, 4.69) is 43.5 Å². The second-order valence-corrected chi connectivity index (χ2v) is 9.75. The topological polar surface area (TPSA) is 93.0 Å². The van der Waals surface area contributed by atoms with E-state index in [1.807, 2.05) is 24.3 Å². The number of nitro groups is 1. The summed E-state index contributed by atoms with van der Waals surface area (Å²) in [7, 11) is 0. The summed E-state index contributed by atoms with van der Waals surface area (Å²) in [6, 6.07) is 7.42. The van der Waals surface area contributed by atoms with Crippen molar-refractivity contribution in [2.75, 3.05) is 17.2 Å². The number of benzene rings is 1. The largest absolute Gasteiger partial charge is 0.364 e. The van der Waals surface area contributed by atoms with E-state index in [9.17, 15) is 10.1 Å². The molecule has 0 saturated carbocycles. The maximum absolute atomic E-state index is 11.7. The minimum atomic E-state index is -0.437. The molecule has 0 atom stereocenters. The fraction of sp³-hybridized carbons (Fsp3) is 0.615. The minimum absolute atomic E-state index is 0.132. The molecule has 188 valence electrons. The average molecular weight is 535 g/mol. The van der Waals surface area contributed by atoms with Gasteiger partial charge < -0.3 is 10.6 Å². The van der Waals surface area contributed by atoms with Crippen LogP contribution < -0.4 is 10.6 Å². The molecule has 0 aliphatic carbocycles. The number of anilines is 3. The molecule has 0 aliphatic rings. The van der Waals surface area contributed by atoms with Crippen LogP contribution in [0.3, 0.4) is 0 Å². The third-order valence-corrected chi connectivity index (χ3v) is 6.41. The van der Waals surface area contributed by atoms with Gasteiger partial charge in [-0.1, -0.05) is 112 Å². The summed E-state index contributed by atoms with van der Waals surface area (Å²) in [4.78, 5) is 19.5. The van der Waals surface area contributed by atoms with Crippen molar-refractivity contribution in [1.82, 2.24) is 9.97 Å². The molecule has 0 bridgehead atoms. The van der Waals surface area contributed by atoms with Crippen molar-refractivity contribution in [1.29, 1.82) is 0 Å². The van der Waals surface area contributed by atoms with Crippen molar-refractivity contribution in [3.05, 3.63) is 45.2 Å². The summed E-state index contributed by atoms with van der Waals surface area (Å²) >= 11 is 3.41. The lowest BCUT2D eigenvalue weighted by atomic mass is 10.0. The first kappa shape index (κ1) is 28.0. The van der Waals surface area contributed by atoms with Gasteiger partial charge >= 0.3 is 5.69 Å². The number of nitrogens with zero attached hydrogens (tertiary/aromatic N) is 3. The van der Waals surface area contributed by atoms with Crippen molar-refractivity contribution in [2.45, 2.75) is 96.8 Å². The Balaban J connectivity index is 1.61. The summed E-state index contributed by atoms with van der Waals surface area (Å²) in [5.74, 6) is 0.439. The van der Waals surface area contributed by atoms with Crippen LogP contribution in [0.5, 0.6) is 0 Å². The molecule has 1 aromatic carbocycles. The molecule has 8 heteroatoms. The van der Waals surface area contributed by atoms with E-state index in [1.165, 1.54) is 83.4 Å². The van der Waals surface area contributed by atoms with Crippen LogP contribution in [-0.2, 0) is 0 Å². The van der Waals surface area contributed by atoms with E-state index in [0.717, 1.165) is 17.3 Å². The summed E-state index contributed by atoms with van der Waals surface area (Å²) in [5, 5.41) is 17.9. The van der Waals surface area contributed by atoms with Crippen LogP contribution >= 0.6 is 15.9 Å². The summed E-state index contributed by atoms with van der Waals surface area (Å²) in [6.45, 7) is 2.92. The van der Waals surface area contributed by atoms with E-state index >= 15 is 0 Å². The van der Waals surface area contributed by atoms with Crippen molar-refractivity contribution in [3.8, 4) is 0 Å². The number of unbranched alkanes of at least 4 members (excludes halogenated alkanes) is 13. The van der Waals surface area contributed by atoms with Crippen molar-refractivity contribution in [2.24, 2.45) is 0 Å². The third kappa shape index (κ3) is 11.3. The van der Waals surface area contributed by atoms with Crippen LogP contribution in [0.2, 0.25) is 0 Å². The van der Waals surface area contributed by atoms with E-state index in [-0.39, 0.29) is 17.3 Å². The van der Waals surface area contributed by atoms with Crippen LogP contribution in [0.1, 0.15) is 96.8 Å². The lowest BCUT2D eigenvalue weighted by Crippen LogP contribution is -2.09. The Kier molecular flexibility index (Phi) is 14.2. The molecule has 0 aliphatic heterocycles. The highest BCUT2D eigenvalue weighted by atomic mass is 79.9. The van der Waals surface area contributed by atoms with Gasteiger partial charge in [0.1, 0.15) is 6.33 Å². The standard InChI is InChI=1S/C26H40BrN5O2/c1-2-3-4-5-6-7-8-9-10-11-12-13-14-15-19-28-25-24(32(33)34)26(30-21-29-25)31-23-18-16-17-22(27)20-23/h16-18,20-21H,2-15,19H2,1H3,(H2,28,29,30,31). The first-order chi connectivity index (χ1) is 16.6. The monoisotopic (exact) mass is 533 g/mol. The number of rotatable bonds is 19. The summed E-state index contributed by atoms with van der Waals surface area (Å²) in [6.07, 6.45) is 19.6. The van der Waals surface area contributed by atoms with Gasteiger partial charge in [0.15, 0.2) is 0 Å². The van der Waals surface area contributed by atoms with Crippen LogP contribution in [-0.4, -0.2) is 21.4 Å². The highest BCUT2D eigenvalue weighted by Gasteiger charge is 2.22. The predicted molar refractivity (Wildman–Crippen MR) is 145 cm³/mol. The number of hydrogen-bond acceptors (Lipinski definition) is 6. The first-order valence-corrected chi connectivity index (χ1v) is 13.7. The van der Waals surface area contributed by atoms with Gasteiger partial charge in [0.25, 0.3) is 0 Å². The van der Waals surface area contributed by atoms with E-state index < -0.39 is 4.92 Å². The van der Waals surface area contributed by atoms with E-state index in [4.69, 9.17) is 0 Å². The fourth-order valence-corrected chi connectivity index (χ4v) is 4.40. The maximum atomic E-state index is 11.7. The Morgan fingerprint density at radius 1 is 0.853 bits per heavy atom. The van der Waals surface area contributed by atoms with Crippen molar-refractivity contribution in [3.63, 3.8) is 0 Å². The zero-order valence-corrected chi connectivity index (χ0v) is 22.1. The molecule has 2 aromatic rings. The number of nitrogens with one attached hydrogen (secondary N) is 2. The highest BCUT2D eigenvalue weighted by Crippen LogP contribution is 2.31. The Morgan fingerprint density at radius 3 is 1.97 bits per heavy atom. The van der Waals surface area contributed by atoms with Crippen molar-refractivity contribution >= 4 is 38.9 Å². The van der Waals surface area contributed by atoms with Crippen LogP contribution in [0.25, 0.3) is 0 Å². The van der Waals surface area contributed by atoms with Gasteiger partial charge in [-0.3, -0.25) is 10.1 Å². The summed E-state index contributed by atoms with van der Waals surface area (Å²) < 4.78 is 0.880. The molecule has 1 aromatic heterocycles. The second-order valence-electron chi connectivity index (χ2n) is 8.83. The van der Waals surface area contributed by atoms with Crippen LogP contribution in [0.4, 0.5) is 23.0 Å². The molecule has 2 rings (SSSR count). The van der Waals surface area contributed by atoms with E-state index in [0.29, 0.717) is 12.2 Å². The SMILES string of the molecule is CCCCCCCCCCCCCCCCNc1ncnc(Nc2cccc(Br)c2)c1[N+](=O)[O-]. The molecule has 0 unspecified atom stereocenters. The molecule has 0 fully saturated rings. The van der Waals surface area contributed by atoms with Gasteiger partial charge in [-0.2, -0.15) is 0 Å². The number of aromatic nitrogens is 2. The number of hydrogen-bond donors (Lipinski definition) is 2. The molecular weight excluding hydrogens is 494 g/mol. The molecule has 2 N–H and O–H groups in total. The lowest BCUT2D eigenvalue weighted by molar-refractivity contribution is -0.383. The van der Waals surface area contributed by atoms with Gasteiger partial charge in [-0.05, 0) is 24.6 Å². The van der Waals surface area contributed by atoms with Gasteiger partial charge in [0.2, 0.25) is 11.6 Å². The quantitative estimate of drug-likeness (QED) is 0.106. The van der Waals surface area contributed by atoms with Crippen LogP contribution in [0, 0.1) is 10.1 Å². The smallest absolute Gasteiger partial charge is 0.353 e.